The van der Waals surface area contributed by atoms with E-state index in [0.717, 1.165) is 65.8 Å². The summed E-state index contributed by atoms with van der Waals surface area (Å²) in [4.78, 5) is 11.6. The summed E-state index contributed by atoms with van der Waals surface area (Å²) in [6, 6.07) is 14.0. The van der Waals surface area contributed by atoms with Crippen LogP contribution in [0.2, 0.25) is 10.0 Å². The molecule has 0 atom stereocenters. The molecule has 1 aliphatic rings. The number of fused-ring (bicyclic) bond motifs is 1. The predicted octanol–water partition coefficient (Wildman–Crippen LogP) is 6.73. The van der Waals surface area contributed by atoms with E-state index in [2.05, 4.69) is 21.9 Å². The van der Waals surface area contributed by atoms with Crippen LogP contribution in [0.3, 0.4) is 0 Å². The molecule has 5 rings (SSSR count). The Bertz CT molecular complexity index is 1360. The fraction of sp³-hybridized carbons (Fsp3) is 0.393. The monoisotopic (exact) mass is 538 g/mol. The summed E-state index contributed by atoms with van der Waals surface area (Å²) in [5.74, 6) is 3.03. The summed E-state index contributed by atoms with van der Waals surface area (Å²) in [7, 11) is 4.04. The topological polar surface area (TPSA) is 79.1 Å². The molecule has 194 valence electrons. The lowest BCUT2D eigenvalue weighted by Crippen LogP contribution is -2.31. The molecule has 0 aliphatic heterocycles. The van der Waals surface area contributed by atoms with Crippen LogP contribution in [0.1, 0.15) is 37.0 Å². The number of anilines is 2. The number of aromatic nitrogens is 3. The molecule has 0 saturated heterocycles. The summed E-state index contributed by atoms with van der Waals surface area (Å²) in [6.07, 6.45) is 4.47. The number of nitrogens with zero attached hydrogens (tertiary/aromatic N) is 4. The maximum Gasteiger partial charge on any atom is 0.225 e. The van der Waals surface area contributed by atoms with Gasteiger partial charge >= 0.3 is 0 Å². The van der Waals surface area contributed by atoms with Gasteiger partial charge in [-0.1, -0.05) is 46.6 Å². The number of halogens is 2. The van der Waals surface area contributed by atoms with E-state index in [1.807, 2.05) is 62.3 Å². The van der Waals surface area contributed by atoms with Gasteiger partial charge in [-0.25, -0.2) is 4.98 Å². The normalized spacial score (nSPS) is 17.8. The van der Waals surface area contributed by atoms with Crippen LogP contribution in [0.15, 0.2) is 47.0 Å². The Morgan fingerprint density at radius 2 is 1.70 bits per heavy atom. The summed E-state index contributed by atoms with van der Waals surface area (Å²) in [5.41, 5.74) is 3.39. The molecule has 0 radical (unpaired) electrons. The van der Waals surface area contributed by atoms with Gasteiger partial charge < -0.3 is 20.1 Å². The molecule has 2 N–H and O–H groups in total. The van der Waals surface area contributed by atoms with Crippen molar-refractivity contribution in [2.24, 2.45) is 5.92 Å². The lowest BCUT2D eigenvalue weighted by Gasteiger charge is -2.29. The molecule has 1 fully saturated rings. The van der Waals surface area contributed by atoms with Crippen LogP contribution in [-0.4, -0.2) is 41.8 Å². The average molecular weight is 540 g/mol. The van der Waals surface area contributed by atoms with Crippen LogP contribution in [0, 0.1) is 12.8 Å². The number of rotatable bonds is 8. The van der Waals surface area contributed by atoms with Gasteiger partial charge in [-0.3, -0.25) is 0 Å². The Morgan fingerprint density at radius 3 is 2.43 bits per heavy atom. The van der Waals surface area contributed by atoms with Gasteiger partial charge in [0.05, 0.1) is 15.6 Å². The van der Waals surface area contributed by atoms with Gasteiger partial charge in [0.15, 0.2) is 0 Å². The maximum absolute atomic E-state index is 6.42. The maximum atomic E-state index is 6.42. The second-order valence-electron chi connectivity index (χ2n) is 9.94. The van der Waals surface area contributed by atoms with E-state index in [1.165, 1.54) is 0 Å². The molecule has 0 spiro atoms. The van der Waals surface area contributed by atoms with Crippen LogP contribution < -0.4 is 15.5 Å². The Labute approximate surface area is 227 Å². The lowest BCUT2D eigenvalue weighted by molar-refractivity contribution is 0.323. The standard InChI is InChI=1S/C28H32Cl2N6O/c1-17-21(26(35-37-17)25-22(29)8-6-9-23(25)30)16-31-15-18-11-13-19(14-12-18)32-28-33-24-10-5-4-7-20(24)27(34-28)36(2)3/h4-10,18-19,31H,11-16H2,1-3H3,(H,32,33,34)/t18-,19+. The molecule has 1 aliphatic carbocycles. The first kappa shape index (κ1) is 25.8. The van der Waals surface area contributed by atoms with Crippen LogP contribution in [0.25, 0.3) is 22.2 Å². The molecule has 7 nitrogen and oxygen atoms in total. The number of nitrogens with one attached hydrogen (secondary N) is 2. The van der Waals surface area contributed by atoms with Crippen molar-refractivity contribution >= 4 is 45.9 Å². The highest BCUT2D eigenvalue weighted by Gasteiger charge is 2.23. The second kappa shape index (κ2) is 11.3. The van der Waals surface area contributed by atoms with Crippen LogP contribution in [-0.2, 0) is 6.54 Å². The first-order valence-corrected chi connectivity index (χ1v) is 13.5. The van der Waals surface area contributed by atoms with E-state index < -0.39 is 0 Å². The number of aryl methyl sites for hydroxylation is 1. The zero-order valence-corrected chi connectivity index (χ0v) is 22.9. The molecule has 4 aromatic rings. The minimum atomic E-state index is 0.377. The highest BCUT2D eigenvalue weighted by molar-refractivity contribution is 6.39. The van der Waals surface area contributed by atoms with Gasteiger partial charge in [0.1, 0.15) is 17.3 Å². The van der Waals surface area contributed by atoms with Crippen LogP contribution >= 0.6 is 23.2 Å². The van der Waals surface area contributed by atoms with Crippen molar-refractivity contribution in [1.29, 1.82) is 0 Å². The fourth-order valence-electron chi connectivity index (χ4n) is 5.08. The lowest BCUT2D eigenvalue weighted by atomic mass is 9.86. The third kappa shape index (κ3) is 5.69. The highest BCUT2D eigenvalue weighted by atomic mass is 35.5. The molecular weight excluding hydrogens is 507 g/mol. The molecule has 0 unspecified atom stereocenters. The summed E-state index contributed by atoms with van der Waals surface area (Å²) in [6.45, 7) is 3.51. The third-order valence-electron chi connectivity index (χ3n) is 7.11. The largest absolute Gasteiger partial charge is 0.362 e. The van der Waals surface area contributed by atoms with E-state index in [0.29, 0.717) is 40.2 Å². The molecule has 2 heterocycles. The van der Waals surface area contributed by atoms with E-state index in [9.17, 15) is 0 Å². The minimum absolute atomic E-state index is 0.377. The zero-order valence-electron chi connectivity index (χ0n) is 21.4. The van der Waals surface area contributed by atoms with Gasteiger partial charge in [-0.15, -0.1) is 0 Å². The van der Waals surface area contributed by atoms with Crippen molar-refractivity contribution in [1.82, 2.24) is 20.4 Å². The SMILES string of the molecule is Cc1onc(-c2c(Cl)cccc2Cl)c1CNC[C@H]1CC[C@@H](Nc2nc(N(C)C)c3ccccc3n2)CC1. The molecule has 37 heavy (non-hydrogen) atoms. The molecule has 1 saturated carbocycles. The second-order valence-corrected chi connectivity index (χ2v) is 10.8. The summed E-state index contributed by atoms with van der Waals surface area (Å²) >= 11 is 12.8. The quantitative estimate of drug-likeness (QED) is 0.257. The Balaban J connectivity index is 1.16. The number of hydrogen-bond acceptors (Lipinski definition) is 7. The highest BCUT2D eigenvalue weighted by Crippen LogP contribution is 2.37. The van der Waals surface area contributed by atoms with Crippen molar-refractivity contribution in [3.63, 3.8) is 0 Å². The number of hydrogen-bond donors (Lipinski definition) is 2. The van der Waals surface area contributed by atoms with Gasteiger partial charge in [0, 0.05) is 43.2 Å². The van der Waals surface area contributed by atoms with Crippen molar-refractivity contribution in [3.05, 3.63) is 63.8 Å². The molecule has 0 amide bonds. The van der Waals surface area contributed by atoms with Crippen molar-refractivity contribution in [2.75, 3.05) is 30.9 Å². The van der Waals surface area contributed by atoms with Crippen molar-refractivity contribution in [3.8, 4) is 11.3 Å². The van der Waals surface area contributed by atoms with E-state index in [1.54, 1.807) is 0 Å². The molecular formula is C28H32Cl2N6O. The zero-order chi connectivity index (χ0) is 25.9. The van der Waals surface area contributed by atoms with Crippen molar-refractivity contribution in [2.45, 2.75) is 45.2 Å². The van der Waals surface area contributed by atoms with Crippen LogP contribution in [0.5, 0.6) is 0 Å². The van der Waals surface area contributed by atoms with Gasteiger partial charge in [0.25, 0.3) is 0 Å². The van der Waals surface area contributed by atoms with E-state index >= 15 is 0 Å². The average Bonchev–Trinajstić information content (AvgIpc) is 3.24. The Morgan fingerprint density at radius 1 is 0.973 bits per heavy atom. The smallest absolute Gasteiger partial charge is 0.225 e. The Kier molecular flexibility index (Phi) is 7.84. The van der Waals surface area contributed by atoms with Gasteiger partial charge in [0.2, 0.25) is 5.95 Å². The molecule has 2 aromatic heterocycles. The number of para-hydroxylation sites is 1. The summed E-state index contributed by atoms with van der Waals surface area (Å²) in [5, 5.41) is 13.7. The van der Waals surface area contributed by atoms with Gasteiger partial charge in [-0.05, 0) is 69.3 Å². The van der Waals surface area contributed by atoms with Gasteiger partial charge in [-0.2, -0.15) is 4.98 Å². The fourth-order valence-corrected chi connectivity index (χ4v) is 5.66. The minimum Gasteiger partial charge on any atom is -0.362 e. The van der Waals surface area contributed by atoms with E-state index in [-0.39, 0.29) is 0 Å². The third-order valence-corrected chi connectivity index (χ3v) is 7.74. The van der Waals surface area contributed by atoms with Crippen molar-refractivity contribution < 1.29 is 4.52 Å². The molecule has 2 aromatic carbocycles. The number of benzene rings is 2. The predicted molar refractivity (Wildman–Crippen MR) is 152 cm³/mol. The summed E-state index contributed by atoms with van der Waals surface area (Å²) < 4.78 is 5.49. The first-order chi connectivity index (χ1) is 17.9. The first-order valence-electron chi connectivity index (χ1n) is 12.7. The Hall–Kier alpha value is -2.87. The van der Waals surface area contributed by atoms with E-state index in [4.69, 9.17) is 37.7 Å². The molecule has 9 heteroatoms. The molecule has 0 bridgehead atoms. The van der Waals surface area contributed by atoms with Crippen LogP contribution in [0.4, 0.5) is 11.8 Å².